The third kappa shape index (κ3) is 4.16. The second-order valence-corrected chi connectivity index (χ2v) is 11.4. The van der Waals surface area contributed by atoms with E-state index in [-0.39, 0.29) is 11.2 Å². The molecular formula is C32H28N6O2. The van der Waals surface area contributed by atoms with Gasteiger partial charge in [-0.1, -0.05) is 48.5 Å². The Hall–Kier alpha value is -4.72. The zero-order chi connectivity index (χ0) is 27.5. The Morgan fingerprint density at radius 3 is 1.10 bits per heavy atom. The van der Waals surface area contributed by atoms with Gasteiger partial charge in [-0.05, 0) is 49.2 Å². The number of fused-ring (bicyclic) bond motifs is 2. The van der Waals surface area contributed by atoms with Gasteiger partial charge in [0.05, 0.1) is 49.3 Å². The van der Waals surface area contributed by atoms with Crippen LogP contribution in [0.2, 0.25) is 0 Å². The highest BCUT2D eigenvalue weighted by Crippen LogP contribution is 2.42. The molecule has 0 atom stereocenters. The van der Waals surface area contributed by atoms with E-state index in [0.717, 1.165) is 44.1 Å². The lowest BCUT2D eigenvalue weighted by Gasteiger charge is -2.18. The van der Waals surface area contributed by atoms with Crippen LogP contribution in [0.15, 0.2) is 83.3 Å². The predicted molar refractivity (Wildman–Crippen MR) is 157 cm³/mol. The monoisotopic (exact) mass is 528 g/mol. The molecule has 7 rings (SSSR count). The normalized spacial score (nSPS) is 17.4. The first-order chi connectivity index (χ1) is 19.3. The summed E-state index contributed by atoms with van der Waals surface area (Å²) >= 11 is 0. The van der Waals surface area contributed by atoms with E-state index in [4.69, 9.17) is 29.4 Å². The largest absolute Gasteiger partial charge is 0.468 e. The maximum Gasteiger partial charge on any atom is 0.237 e. The first-order valence-corrected chi connectivity index (χ1v) is 13.3. The second-order valence-electron chi connectivity index (χ2n) is 11.4. The van der Waals surface area contributed by atoms with Crippen LogP contribution in [0.4, 0.5) is 0 Å². The molecule has 8 nitrogen and oxygen atoms in total. The molecule has 4 heterocycles. The molecule has 40 heavy (non-hydrogen) atoms. The Bertz CT molecular complexity index is 1650. The number of aromatic nitrogens is 4. The van der Waals surface area contributed by atoms with Gasteiger partial charge in [0.15, 0.2) is 0 Å². The molecule has 0 amide bonds. The van der Waals surface area contributed by atoms with Crippen molar-refractivity contribution in [1.82, 2.24) is 19.9 Å². The third-order valence-electron chi connectivity index (χ3n) is 7.14. The van der Waals surface area contributed by atoms with E-state index in [1.165, 1.54) is 0 Å². The molecule has 198 valence electrons. The first kappa shape index (κ1) is 24.3. The van der Waals surface area contributed by atoms with Crippen LogP contribution in [0, 0.1) is 0 Å². The minimum atomic E-state index is -0.326. The maximum absolute atomic E-state index is 5.96. The predicted octanol–water partition coefficient (Wildman–Crippen LogP) is 6.02. The van der Waals surface area contributed by atoms with E-state index in [9.17, 15) is 0 Å². The minimum absolute atomic E-state index is 0.326. The van der Waals surface area contributed by atoms with Gasteiger partial charge in [0.2, 0.25) is 11.8 Å². The second kappa shape index (κ2) is 8.91. The summed E-state index contributed by atoms with van der Waals surface area (Å²) in [5.41, 5.74) is 4.21. The average molecular weight is 529 g/mol. The van der Waals surface area contributed by atoms with Crippen LogP contribution >= 0.6 is 0 Å². The number of ether oxygens (including phenoxy) is 2. The van der Waals surface area contributed by atoms with E-state index in [1.54, 1.807) is 24.8 Å². The van der Waals surface area contributed by atoms with Crippen molar-refractivity contribution in [3.8, 4) is 22.5 Å². The van der Waals surface area contributed by atoms with Crippen molar-refractivity contribution in [1.29, 1.82) is 0 Å². The summed E-state index contributed by atoms with van der Waals surface area (Å²) in [6.07, 6.45) is 7.09. The molecule has 3 aromatic carbocycles. The Labute approximate surface area is 231 Å². The topological polar surface area (TPSA) is 94.7 Å². The standard InChI is InChI=1S/C32H28N6O2/c1-31(2)17-37-29(39-31)25-15-33-23(13-35-25)27-19-9-5-7-11-21(19)28(22-12-8-6-10-20(22)27)24-14-36-26(16-34-24)30-38-18-32(3,4)40-30/h5-16H,17-18H2,1-4H3. The molecule has 0 radical (unpaired) electrons. The molecule has 5 aromatic rings. The zero-order valence-corrected chi connectivity index (χ0v) is 22.8. The quantitative estimate of drug-likeness (QED) is 0.265. The van der Waals surface area contributed by atoms with Gasteiger partial charge in [-0.2, -0.15) is 0 Å². The molecule has 0 spiro atoms. The Kier molecular flexibility index (Phi) is 5.42. The molecule has 2 aliphatic rings. The Balaban J connectivity index is 1.35. The van der Waals surface area contributed by atoms with Gasteiger partial charge in [-0.3, -0.25) is 9.97 Å². The third-order valence-corrected chi connectivity index (χ3v) is 7.14. The lowest BCUT2D eigenvalue weighted by atomic mass is 9.89. The van der Waals surface area contributed by atoms with E-state index >= 15 is 0 Å². The first-order valence-electron chi connectivity index (χ1n) is 13.3. The molecule has 0 unspecified atom stereocenters. The van der Waals surface area contributed by atoms with E-state index in [0.29, 0.717) is 36.3 Å². The summed E-state index contributed by atoms with van der Waals surface area (Å²) in [6.45, 7) is 9.26. The summed E-state index contributed by atoms with van der Waals surface area (Å²) in [4.78, 5) is 28.1. The van der Waals surface area contributed by atoms with Gasteiger partial charge in [0.1, 0.15) is 22.6 Å². The van der Waals surface area contributed by atoms with Crippen LogP contribution < -0.4 is 0 Å². The van der Waals surface area contributed by atoms with Gasteiger partial charge < -0.3 is 9.47 Å². The molecule has 0 aliphatic carbocycles. The summed E-state index contributed by atoms with van der Waals surface area (Å²) in [6, 6.07) is 16.6. The van der Waals surface area contributed by atoms with Crippen LogP contribution in [0.1, 0.15) is 39.1 Å². The van der Waals surface area contributed by atoms with Crippen molar-refractivity contribution in [3.05, 3.63) is 84.7 Å². The smallest absolute Gasteiger partial charge is 0.237 e. The molecule has 2 aliphatic heterocycles. The molecule has 8 heteroatoms. The SMILES string of the molecule is CC1(C)CN=C(c2cnc(-c3c4ccccc4c(-c4cnc(C5=NCC(C)(C)O5)cn4)c4ccccc34)cn2)O1. The number of rotatable bonds is 4. The summed E-state index contributed by atoms with van der Waals surface area (Å²) in [5, 5.41) is 4.24. The molecule has 0 bridgehead atoms. The molecule has 0 saturated heterocycles. The fraction of sp³-hybridized carbons (Fsp3) is 0.250. The van der Waals surface area contributed by atoms with Crippen LogP contribution in [0.25, 0.3) is 44.1 Å². The van der Waals surface area contributed by atoms with Crippen molar-refractivity contribution < 1.29 is 9.47 Å². The molecule has 0 fully saturated rings. The highest BCUT2D eigenvalue weighted by Gasteiger charge is 2.30. The molecule has 0 N–H and O–H groups in total. The lowest BCUT2D eigenvalue weighted by Crippen LogP contribution is -2.24. The van der Waals surface area contributed by atoms with E-state index in [2.05, 4.69) is 34.3 Å². The van der Waals surface area contributed by atoms with E-state index < -0.39 is 0 Å². The van der Waals surface area contributed by atoms with Crippen molar-refractivity contribution in [2.45, 2.75) is 38.9 Å². The lowest BCUT2D eigenvalue weighted by molar-refractivity contribution is 0.130. The number of hydrogen-bond acceptors (Lipinski definition) is 8. The summed E-state index contributed by atoms with van der Waals surface area (Å²) in [5.74, 6) is 1.07. The Morgan fingerprint density at radius 1 is 0.500 bits per heavy atom. The fourth-order valence-corrected chi connectivity index (χ4v) is 5.26. The van der Waals surface area contributed by atoms with Gasteiger partial charge in [-0.15, -0.1) is 0 Å². The van der Waals surface area contributed by atoms with Crippen LogP contribution in [0.3, 0.4) is 0 Å². The molecular weight excluding hydrogens is 500 g/mol. The van der Waals surface area contributed by atoms with Crippen molar-refractivity contribution in [2.75, 3.05) is 13.1 Å². The van der Waals surface area contributed by atoms with Gasteiger partial charge in [0.25, 0.3) is 0 Å². The maximum atomic E-state index is 5.96. The highest BCUT2D eigenvalue weighted by atomic mass is 16.5. The number of aliphatic imine (C=N–C) groups is 2. The van der Waals surface area contributed by atoms with Crippen molar-refractivity contribution in [2.24, 2.45) is 9.98 Å². The Morgan fingerprint density at radius 2 is 0.825 bits per heavy atom. The number of hydrogen-bond donors (Lipinski definition) is 0. The fourth-order valence-electron chi connectivity index (χ4n) is 5.26. The van der Waals surface area contributed by atoms with Gasteiger partial charge in [-0.25, -0.2) is 20.0 Å². The number of benzene rings is 3. The highest BCUT2D eigenvalue weighted by molar-refractivity contribution is 6.20. The number of nitrogens with zero attached hydrogens (tertiary/aromatic N) is 6. The van der Waals surface area contributed by atoms with Crippen LogP contribution in [-0.4, -0.2) is 56.0 Å². The molecule has 2 aromatic heterocycles. The van der Waals surface area contributed by atoms with Crippen LogP contribution in [0.5, 0.6) is 0 Å². The average Bonchev–Trinajstić information content (AvgIpc) is 3.52. The van der Waals surface area contributed by atoms with Gasteiger partial charge >= 0.3 is 0 Å². The zero-order valence-electron chi connectivity index (χ0n) is 22.8. The minimum Gasteiger partial charge on any atom is -0.468 e. The summed E-state index contributed by atoms with van der Waals surface area (Å²) in [7, 11) is 0. The molecule has 0 saturated carbocycles. The van der Waals surface area contributed by atoms with Gasteiger partial charge in [0, 0.05) is 11.1 Å². The van der Waals surface area contributed by atoms with Crippen molar-refractivity contribution >= 4 is 33.3 Å². The van der Waals surface area contributed by atoms with Crippen molar-refractivity contribution in [3.63, 3.8) is 0 Å². The van der Waals surface area contributed by atoms with Crippen LogP contribution in [-0.2, 0) is 9.47 Å². The van der Waals surface area contributed by atoms with E-state index in [1.807, 2.05) is 52.0 Å². The summed E-state index contributed by atoms with van der Waals surface area (Å²) < 4.78 is 11.9.